The largest absolute Gasteiger partial charge is 0.444 e. The fourth-order valence-electron chi connectivity index (χ4n) is 2.40. The van der Waals surface area contributed by atoms with Crippen molar-refractivity contribution in [3.63, 3.8) is 0 Å². The number of aromatic nitrogens is 1. The molecule has 0 aliphatic rings. The van der Waals surface area contributed by atoms with E-state index in [4.69, 9.17) is 10.5 Å². The maximum absolute atomic E-state index is 11.8. The highest BCUT2D eigenvalue weighted by atomic mass is 127. The highest BCUT2D eigenvalue weighted by Gasteiger charge is 2.16. The lowest BCUT2D eigenvalue weighted by atomic mass is 10.1. The summed E-state index contributed by atoms with van der Waals surface area (Å²) in [5, 5.41) is 5.79. The quantitative estimate of drug-likeness (QED) is 0.489. The number of fused-ring (bicyclic) bond motifs is 1. The van der Waals surface area contributed by atoms with Crippen LogP contribution in [0.2, 0.25) is 0 Å². The standard InChI is InChI=1S/C18H18IN3O2S/c1-18(2,3)24-17(23)22-11-6-4-10(5-7-11)12-9-25-15-13(19)8-21-16(20)14(12)15/h4-9H,1-3H3,(H2,20,21)(H,22,23). The first-order chi connectivity index (χ1) is 11.7. The lowest BCUT2D eigenvalue weighted by molar-refractivity contribution is 0.0636. The number of pyridine rings is 1. The minimum Gasteiger partial charge on any atom is -0.444 e. The summed E-state index contributed by atoms with van der Waals surface area (Å²) in [6.45, 7) is 5.49. The van der Waals surface area contributed by atoms with Crippen molar-refractivity contribution < 1.29 is 9.53 Å². The van der Waals surface area contributed by atoms with Gasteiger partial charge in [-0.05, 0) is 66.4 Å². The van der Waals surface area contributed by atoms with Gasteiger partial charge in [0.05, 0.1) is 4.70 Å². The Balaban J connectivity index is 1.86. The molecular formula is C18H18IN3O2S. The van der Waals surface area contributed by atoms with E-state index < -0.39 is 11.7 Å². The second-order valence-electron chi connectivity index (χ2n) is 6.55. The minimum atomic E-state index is -0.527. The zero-order valence-electron chi connectivity index (χ0n) is 14.1. The van der Waals surface area contributed by atoms with Crippen molar-refractivity contribution in [2.24, 2.45) is 0 Å². The monoisotopic (exact) mass is 467 g/mol. The fraction of sp³-hybridized carbons (Fsp3) is 0.222. The maximum Gasteiger partial charge on any atom is 0.412 e. The summed E-state index contributed by atoms with van der Waals surface area (Å²) in [7, 11) is 0. The molecule has 0 aliphatic heterocycles. The second-order valence-corrected chi connectivity index (χ2v) is 8.59. The lowest BCUT2D eigenvalue weighted by Gasteiger charge is -2.19. The van der Waals surface area contributed by atoms with Crippen molar-refractivity contribution in [2.45, 2.75) is 26.4 Å². The van der Waals surface area contributed by atoms with Crippen molar-refractivity contribution >= 4 is 61.6 Å². The van der Waals surface area contributed by atoms with Crippen molar-refractivity contribution in [1.29, 1.82) is 0 Å². The molecule has 1 amide bonds. The van der Waals surface area contributed by atoms with Crippen LogP contribution < -0.4 is 11.1 Å². The Hall–Kier alpha value is -1.87. The van der Waals surface area contributed by atoms with Gasteiger partial charge >= 0.3 is 6.09 Å². The first-order valence-electron chi connectivity index (χ1n) is 7.66. The number of rotatable bonds is 2. The molecule has 0 fully saturated rings. The third-order valence-corrected chi connectivity index (χ3v) is 5.62. The summed E-state index contributed by atoms with van der Waals surface area (Å²) in [5.41, 5.74) is 8.31. The Morgan fingerprint density at radius 3 is 2.60 bits per heavy atom. The number of carbonyl (C=O) groups excluding carboxylic acids is 1. The molecule has 3 N–H and O–H groups in total. The number of hydrogen-bond acceptors (Lipinski definition) is 5. The van der Waals surface area contributed by atoms with E-state index in [9.17, 15) is 4.79 Å². The van der Waals surface area contributed by atoms with Crippen LogP contribution in [0.1, 0.15) is 20.8 Å². The topological polar surface area (TPSA) is 77.2 Å². The number of halogens is 1. The lowest BCUT2D eigenvalue weighted by Crippen LogP contribution is -2.27. The number of anilines is 2. The Labute approximate surface area is 163 Å². The van der Waals surface area contributed by atoms with Crippen LogP contribution >= 0.6 is 33.9 Å². The summed E-state index contributed by atoms with van der Waals surface area (Å²) >= 11 is 3.92. The van der Waals surface area contributed by atoms with Gasteiger partial charge in [-0.2, -0.15) is 0 Å². The molecule has 1 aromatic carbocycles. The van der Waals surface area contributed by atoms with E-state index in [0.717, 1.165) is 24.8 Å². The fourth-order valence-corrected chi connectivity index (χ4v) is 4.18. The number of amides is 1. The van der Waals surface area contributed by atoms with Gasteiger partial charge in [0, 0.05) is 26.4 Å². The van der Waals surface area contributed by atoms with Gasteiger partial charge in [0.1, 0.15) is 11.4 Å². The Bertz CT molecular complexity index is 930. The molecule has 0 spiro atoms. The van der Waals surface area contributed by atoms with Crippen LogP contribution in [0.15, 0.2) is 35.8 Å². The predicted octanol–water partition coefficient (Wildman–Crippen LogP) is 5.50. The number of nitrogens with two attached hydrogens (primary N) is 1. The normalized spacial score (nSPS) is 11.5. The summed E-state index contributed by atoms with van der Waals surface area (Å²) in [5.74, 6) is 0.530. The van der Waals surface area contributed by atoms with E-state index in [1.807, 2.05) is 45.0 Å². The van der Waals surface area contributed by atoms with Gasteiger partial charge in [0.15, 0.2) is 0 Å². The van der Waals surface area contributed by atoms with Gasteiger partial charge in [-0.1, -0.05) is 12.1 Å². The van der Waals surface area contributed by atoms with Crippen molar-refractivity contribution in [3.8, 4) is 11.1 Å². The van der Waals surface area contributed by atoms with Gasteiger partial charge in [0.2, 0.25) is 0 Å². The number of hydrogen-bond donors (Lipinski definition) is 2. The summed E-state index contributed by atoms with van der Waals surface area (Å²) in [6.07, 6.45) is 1.32. The van der Waals surface area contributed by atoms with Gasteiger partial charge < -0.3 is 10.5 Å². The number of nitrogens with one attached hydrogen (secondary N) is 1. The van der Waals surface area contributed by atoms with Crippen LogP contribution in [0, 0.1) is 3.57 Å². The van der Waals surface area contributed by atoms with E-state index in [0.29, 0.717) is 11.5 Å². The maximum atomic E-state index is 11.8. The van der Waals surface area contributed by atoms with Crippen LogP contribution in [0.4, 0.5) is 16.3 Å². The summed E-state index contributed by atoms with van der Waals surface area (Å²) in [6, 6.07) is 7.60. The van der Waals surface area contributed by atoms with Gasteiger partial charge in [-0.25, -0.2) is 9.78 Å². The molecule has 7 heteroatoms. The van der Waals surface area contributed by atoms with Gasteiger partial charge in [-0.3, -0.25) is 5.32 Å². The third-order valence-electron chi connectivity index (χ3n) is 3.42. The molecular weight excluding hydrogens is 449 g/mol. The molecule has 2 heterocycles. The average molecular weight is 467 g/mol. The average Bonchev–Trinajstić information content (AvgIpc) is 2.96. The summed E-state index contributed by atoms with van der Waals surface area (Å²) in [4.78, 5) is 16.1. The Morgan fingerprint density at radius 1 is 1.28 bits per heavy atom. The molecule has 130 valence electrons. The predicted molar refractivity (Wildman–Crippen MR) is 112 cm³/mol. The molecule has 0 aliphatic carbocycles. The van der Waals surface area contributed by atoms with E-state index >= 15 is 0 Å². The van der Waals surface area contributed by atoms with Gasteiger partial charge in [0.25, 0.3) is 0 Å². The SMILES string of the molecule is CC(C)(C)OC(=O)Nc1ccc(-c2csc3c(I)cnc(N)c23)cc1. The zero-order valence-corrected chi connectivity index (χ0v) is 17.1. The molecule has 5 nitrogen and oxygen atoms in total. The van der Waals surface area contributed by atoms with Crippen molar-refractivity contribution in [1.82, 2.24) is 4.98 Å². The Morgan fingerprint density at radius 2 is 1.96 bits per heavy atom. The second kappa shape index (κ2) is 6.80. The number of thiophene rings is 1. The van der Waals surface area contributed by atoms with E-state index in [-0.39, 0.29) is 0 Å². The first kappa shape index (κ1) is 17.9. The molecule has 0 radical (unpaired) electrons. The first-order valence-corrected chi connectivity index (χ1v) is 9.62. The molecule has 0 atom stereocenters. The molecule has 0 saturated heterocycles. The van der Waals surface area contributed by atoms with Gasteiger partial charge in [-0.15, -0.1) is 11.3 Å². The molecule has 0 unspecified atom stereocenters. The molecule has 2 aromatic heterocycles. The van der Waals surface area contributed by atoms with Crippen molar-refractivity contribution in [3.05, 3.63) is 39.4 Å². The van der Waals surface area contributed by atoms with E-state index in [1.165, 1.54) is 0 Å². The highest BCUT2D eigenvalue weighted by Crippen LogP contribution is 2.39. The number of benzene rings is 1. The zero-order chi connectivity index (χ0) is 18.2. The molecule has 25 heavy (non-hydrogen) atoms. The highest BCUT2D eigenvalue weighted by molar-refractivity contribution is 14.1. The smallest absolute Gasteiger partial charge is 0.412 e. The molecule has 0 saturated carbocycles. The third kappa shape index (κ3) is 4.04. The number of carbonyl (C=O) groups is 1. The number of nitrogens with zero attached hydrogens (tertiary/aromatic N) is 1. The molecule has 3 rings (SSSR count). The van der Waals surface area contributed by atoms with Crippen LogP contribution in [0.5, 0.6) is 0 Å². The molecule has 3 aromatic rings. The summed E-state index contributed by atoms with van der Waals surface area (Å²) < 4.78 is 7.48. The van der Waals surface area contributed by atoms with E-state index in [2.05, 4.69) is 38.3 Å². The molecule has 0 bridgehead atoms. The number of ether oxygens (including phenoxy) is 1. The van der Waals surface area contributed by atoms with Crippen LogP contribution in [0.3, 0.4) is 0 Å². The van der Waals surface area contributed by atoms with Crippen LogP contribution in [-0.4, -0.2) is 16.7 Å². The van der Waals surface area contributed by atoms with Crippen molar-refractivity contribution in [2.75, 3.05) is 11.1 Å². The van der Waals surface area contributed by atoms with E-state index in [1.54, 1.807) is 17.5 Å². The number of nitrogen functional groups attached to an aromatic ring is 1. The minimum absolute atomic E-state index is 0.468. The van der Waals surface area contributed by atoms with Crippen LogP contribution in [0.25, 0.3) is 21.2 Å². The van der Waals surface area contributed by atoms with Crippen LogP contribution in [-0.2, 0) is 4.74 Å². The Kier molecular flexibility index (Phi) is 4.88.